The van der Waals surface area contributed by atoms with Crippen molar-refractivity contribution in [3.05, 3.63) is 57.6 Å². The van der Waals surface area contributed by atoms with Crippen molar-refractivity contribution < 1.29 is 0 Å². The van der Waals surface area contributed by atoms with Gasteiger partial charge in [-0.05, 0) is 83.0 Å². The third-order valence-electron chi connectivity index (χ3n) is 5.21. The highest BCUT2D eigenvalue weighted by molar-refractivity contribution is 5.79. The standard InChI is InChI=1S/C24H34/c1-15-11-13-19(23(5,6)7)17(3)21(15)22-16(2)12-14-20(18(22)4)24(8,9)10/h11-14H,1-10H3. The van der Waals surface area contributed by atoms with E-state index in [0.29, 0.717) is 0 Å². The zero-order valence-corrected chi connectivity index (χ0v) is 17.3. The first-order chi connectivity index (χ1) is 10.9. The van der Waals surface area contributed by atoms with Gasteiger partial charge in [0.1, 0.15) is 0 Å². The van der Waals surface area contributed by atoms with Crippen molar-refractivity contribution in [2.75, 3.05) is 0 Å². The van der Waals surface area contributed by atoms with Gasteiger partial charge in [-0.25, -0.2) is 0 Å². The Hall–Kier alpha value is -1.56. The van der Waals surface area contributed by atoms with E-state index in [-0.39, 0.29) is 10.8 Å². The summed E-state index contributed by atoms with van der Waals surface area (Å²) < 4.78 is 0. The largest absolute Gasteiger partial charge is 0.0584 e. The number of hydrogen-bond acceptors (Lipinski definition) is 0. The summed E-state index contributed by atoms with van der Waals surface area (Å²) in [5.74, 6) is 0. The normalized spacial score (nSPS) is 12.6. The topological polar surface area (TPSA) is 0 Å². The van der Waals surface area contributed by atoms with Crippen molar-refractivity contribution in [3.63, 3.8) is 0 Å². The molecule has 0 amide bonds. The van der Waals surface area contributed by atoms with Crippen LogP contribution in [0.5, 0.6) is 0 Å². The molecule has 0 heteroatoms. The van der Waals surface area contributed by atoms with Gasteiger partial charge in [0.2, 0.25) is 0 Å². The predicted molar refractivity (Wildman–Crippen MR) is 108 cm³/mol. The van der Waals surface area contributed by atoms with Crippen LogP contribution in [0.15, 0.2) is 24.3 Å². The summed E-state index contributed by atoms with van der Waals surface area (Å²) >= 11 is 0. The second-order valence-corrected chi connectivity index (χ2v) is 9.36. The van der Waals surface area contributed by atoms with Crippen LogP contribution in [0.4, 0.5) is 0 Å². The van der Waals surface area contributed by atoms with Crippen LogP contribution in [0, 0.1) is 27.7 Å². The van der Waals surface area contributed by atoms with Gasteiger partial charge in [0.05, 0.1) is 0 Å². The first kappa shape index (κ1) is 18.8. The molecular weight excluding hydrogens is 288 g/mol. The molecule has 0 heterocycles. The summed E-state index contributed by atoms with van der Waals surface area (Å²) in [6.45, 7) is 22.9. The van der Waals surface area contributed by atoms with Crippen molar-refractivity contribution >= 4 is 0 Å². The lowest BCUT2D eigenvalue weighted by atomic mass is 9.76. The molecule has 0 bridgehead atoms. The Balaban J connectivity index is 2.88. The van der Waals surface area contributed by atoms with Gasteiger partial charge in [-0.2, -0.15) is 0 Å². The van der Waals surface area contributed by atoms with E-state index < -0.39 is 0 Å². The van der Waals surface area contributed by atoms with Crippen LogP contribution in [0.25, 0.3) is 11.1 Å². The summed E-state index contributed by atoms with van der Waals surface area (Å²) in [6.07, 6.45) is 0. The molecule has 2 aromatic carbocycles. The van der Waals surface area contributed by atoms with E-state index in [2.05, 4.69) is 93.5 Å². The Morgan fingerprint density at radius 3 is 1.04 bits per heavy atom. The summed E-state index contributed by atoms with van der Waals surface area (Å²) in [5.41, 5.74) is 11.7. The molecule has 2 rings (SSSR count). The van der Waals surface area contributed by atoms with Crippen LogP contribution in [-0.4, -0.2) is 0 Å². The number of aryl methyl sites for hydroxylation is 2. The molecule has 0 atom stereocenters. The maximum atomic E-state index is 2.31. The highest BCUT2D eigenvalue weighted by atomic mass is 14.3. The molecule has 24 heavy (non-hydrogen) atoms. The maximum Gasteiger partial charge on any atom is -0.0117 e. The maximum absolute atomic E-state index is 2.31. The molecule has 0 aliphatic rings. The SMILES string of the molecule is Cc1ccc(C(C)(C)C)c(C)c1-c1c(C)ccc(C(C)(C)C)c1C. The first-order valence-corrected chi connectivity index (χ1v) is 9.07. The molecule has 0 nitrogen and oxygen atoms in total. The molecule has 0 N–H and O–H groups in total. The molecule has 0 aliphatic heterocycles. The number of benzene rings is 2. The average Bonchev–Trinajstić information content (AvgIpc) is 2.38. The Kier molecular flexibility index (Phi) is 4.74. The smallest absolute Gasteiger partial charge is 0.0117 e. The Morgan fingerprint density at radius 2 is 0.792 bits per heavy atom. The second kappa shape index (κ2) is 6.06. The molecule has 130 valence electrons. The quantitative estimate of drug-likeness (QED) is 0.521. The lowest BCUT2D eigenvalue weighted by molar-refractivity contribution is 0.584. The predicted octanol–water partition coefficient (Wildman–Crippen LogP) is 7.18. The van der Waals surface area contributed by atoms with E-state index in [0.717, 1.165) is 0 Å². The number of hydrogen-bond donors (Lipinski definition) is 0. The minimum absolute atomic E-state index is 0.163. The fourth-order valence-corrected chi connectivity index (χ4v) is 4.09. The summed E-state index contributed by atoms with van der Waals surface area (Å²) in [7, 11) is 0. The molecule has 0 spiro atoms. The van der Waals surface area contributed by atoms with Crippen molar-refractivity contribution in [2.45, 2.75) is 80.1 Å². The summed E-state index contributed by atoms with van der Waals surface area (Å²) in [6, 6.07) is 9.22. The lowest BCUT2D eigenvalue weighted by Gasteiger charge is -2.28. The van der Waals surface area contributed by atoms with E-state index in [1.165, 1.54) is 44.5 Å². The third kappa shape index (κ3) is 3.29. The van der Waals surface area contributed by atoms with Crippen LogP contribution in [0.3, 0.4) is 0 Å². The molecule has 0 saturated heterocycles. The zero-order chi connectivity index (χ0) is 18.4. The molecule has 2 aromatic rings. The lowest BCUT2D eigenvalue weighted by Crippen LogP contribution is -2.16. The van der Waals surface area contributed by atoms with Crippen molar-refractivity contribution in [2.24, 2.45) is 0 Å². The van der Waals surface area contributed by atoms with E-state index in [9.17, 15) is 0 Å². The van der Waals surface area contributed by atoms with Gasteiger partial charge in [0, 0.05) is 0 Å². The molecule has 0 fully saturated rings. The number of rotatable bonds is 1. The average molecular weight is 323 g/mol. The van der Waals surface area contributed by atoms with Crippen molar-refractivity contribution in [1.82, 2.24) is 0 Å². The van der Waals surface area contributed by atoms with E-state index >= 15 is 0 Å². The van der Waals surface area contributed by atoms with Crippen LogP contribution < -0.4 is 0 Å². The van der Waals surface area contributed by atoms with E-state index in [1.54, 1.807) is 0 Å². The summed E-state index contributed by atoms with van der Waals surface area (Å²) in [4.78, 5) is 0. The third-order valence-corrected chi connectivity index (χ3v) is 5.21. The molecular formula is C24H34. The first-order valence-electron chi connectivity index (χ1n) is 9.07. The van der Waals surface area contributed by atoms with E-state index in [1.807, 2.05) is 0 Å². The highest BCUT2D eigenvalue weighted by Gasteiger charge is 2.24. The van der Waals surface area contributed by atoms with Crippen LogP contribution in [-0.2, 0) is 10.8 Å². The van der Waals surface area contributed by atoms with Crippen molar-refractivity contribution in [3.8, 4) is 11.1 Å². The van der Waals surface area contributed by atoms with Gasteiger partial charge in [0.25, 0.3) is 0 Å². The zero-order valence-electron chi connectivity index (χ0n) is 17.3. The Labute approximate surface area is 149 Å². The van der Waals surface area contributed by atoms with Crippen LogP contribution in [0.1, 0.15) is 74.9 Å². The van der Waals surface area contributed by atoms with Gasteiger partial charge in [-0.3, -0.25) is 0 Å². The molecule has 0 saturated carbocycles. The molecule has 0 aromatic heterocycles. The fraction of sp³-hybridized carbons (Fsp3) is 0.500. The van der Waals surface area contributed by atoms with E-state index in [4.69, 9.17) is 0 Å². The molecule has 0 radical (unpaired) electrons. The van der Waals surface area contributed by atoms with Gasteiger partial charge in [-0.15, -0.1) is 0 Å². The highest BCUT2D eigenvalue weighted by Crippen LogP contribution is 2.40. The Bertz CT molecular complexity index is 695. The van der Waals surface area contributed by atoms with Gasteiger partial charge < -0.3 is 0 Å². The van der Waals surface area contributed by atoms with Gasteiger partial charge in [-0.1, -0.05) is 65.8 Å². The van der Waals surface area contributed by atoms with Crippen molar-refractivity contribution in [1.29, 1.82) is 0 Å². The molecule has 0 unspecified atom stereocenters. The summed E-state index contributed by atoms with van der Waals surface area (Å²) in [5, 5.41) is 0. The second-order valence-electron chi connectivity index (χ2n) is 9.36. The Morgan fingerprint density at radius 1 is 0.500 bits per heavy atom. The van der Waals surface area contributed by atoms with Gasteiger partial charge in [0.15, 0.2) is 0 Å². The minimum Gasteiger partial charge on any atom is -0.0584 e. The molecule has 0 aliphatic carbocycles. The van der Waals surface area contributed by atoms with Crippen LogP contribution in [0.2, 0.25) is 0 Å². The minimum atomic E-state index is 0.163. The van der Waals surface area contributed by atoms with Gasteiger partial charge >= 0.3 is 0 Å². The monoisotopic (exact) mass is 322 g/mol. The fourth-order valence-electron chi connectivity index (χ4n) is 4.09. The van der Waals surface area contributed by atoms with Crippen LogP contribution >= 0.6 is 0 Å².